The van der Waals surface area contributed by atoms with Crippen LogP contribution in [0.2, 0.25) is 0 Å². The molecule has 0 aromatic heterocycles. The number of benzene rings is 3. The highest BCUT2D eigenvalue weighted by atomic mass is 32.2. The molecule has 3 aromatic rings. The number of hydrogen-bond acceptors (Lipinski definition) is 5. The topological polar surface area (TPSA) is 72.9 Å². The largest absolute Gasteiger partial charge is 0.494 e. The Morgan fingerprint density at radius 3 is 2.00 bits per heavy atom. The normalized spacial score (nSPS) is 11.0. The summed E-state index contributed by atoms with van der Waals surface area (Å²) in [6.45, 7) is 3.85. The summed E-state index contributed by atoms with van der Waals surface area (Å²) in [4.78, 5) is 13.0. The molecule has 0 fully saturated rings. The van der Waals surface area contributed by atoms with Crippen molar-refractivity contribution in [2.24, 2.45) is 0 Å². The molecule has 30 heavy (non-hydrogen) atoms. The van der Waals surface area contributed by atoms with E-state index in [-0.39, 0.29) is 10.6 Å². The number of aryl methyl sites for hydroxylation is 1. The zero-order valence-corrected chi connectivity index (χ0v) is 17.6. The SMILES string of the molecule is CCOc1ccc(N(C(=O)COc2ccc(C)cc2)S(=O)(=O)c2ccccc2)cc1. The minimum Gasteiger partial charge on any atom is -0.494 e. The van der Waals surface area contributed by atoms with Gasteiger partial charge >= 0.3 is 0 Å². The third-order valence-electron chi connectivity index (χ3n) is 4.27. The minimum absolute atomic E-state index is 0.0163. The maximum atomic E-state index is 13.3. The smallest absolute Gasteiger partial charge is 0.278 e. The molecule has 0 radical (unpaired) electrons. The molecule has 0 bridgehead atoms. The first kappa shape index (κ1) is 21.4. The van der Waals surface area contributed by atoms with Gasteiger partial charge in [-0.25, -0.2) is 8.42 Å². The number of amides is 1. The molecule has 0 saturated heterocycles. The summed E-state index contributed by atoms with van der Waals surface area (Å²) >= 11 is 0. The van der Waals surface area contributed by atoms with Crippen molar-refractivity contribution in [3.8, 4) is 11.5 Å². The summed E-state index contributed by atoms with van der Waals surface area (Å²) in [5.74, 6) is 0.364. The van der Waals surface area contributed by atoms with E-state index in [1.54, 1.807) is 42.5 Å². The van der Waals surface area contributed by atoms with Crippen LogP contribution in [-0.2, 0) is 14.8 Å². The molecule has 0 N–H and O–H groups in total. The lowest BCUT2D eigenvalue weighted by Gasteiger charge is -2.23. The molecule has 0 aliphatic heterocycles. The second-order valence-corrected chi connectivity index (χ2v) is 8.29. The molecule has 6 nitrogen and oxygen atoms in total. The number of nitrogens with zero attached hydrogens (tertiary/aromatic N) is 1. The van der Waals surface area contributed by atoms with E-state index < -0.39 is 22.5 Å². The van der Waals surface area contributed by atoms with Crippen LogP contribution in [-0.4, -0.2) is 27.5 Å². The fourth-order valence-electron chi connectivity index (χ4n) is 2.80. The van der Waals surface area contributed by atoms with Crippen molar-refractivity contribution in [3.05, 3.63) is 84.4 Å². The van der Waals surface area contributed by atoms with Crippen molar-refractivity contribution in [1.82, 2.24) is 0 Å². The molecular weight excluding hydrogens is 402 g/mol. The summed E-state index contributed by atoms with van der Waals surface area (Å²) in [6.07, 6.45) is 0. The third kappa shape index (κ3) is 4.99. The van der Waals surface area contributed by atoms with E-state index in [0.29, 0.717) is 18.1 Å². The van der Waals surface area contributed by atoms with E-state index in [0.717, 1.165) is 9.87 Å². The van der Waals surface area contributed by atoms with Crippen molar-refractivity contribution >= 4 is 21.6 Å². The van der Waals surface area contributed by atoms with Gasteiger partial charge in [0.25, 0.3) is 15.9 Å². The lowest BCUT2D eigenvalue weighted by Crippen LogP contribution is -2.40. The van der Waals surface area contributed by atoms with Crippen LogP contribution in [0, 0.1) is 6.92 Å². The van der Waals surface area contributed by atoms with E-state index in [2.05, 4.69) is 0 Å². The Kier molecular flexibility index (Phi) is 6.74. The monoisotopic (exact) mass is 425 g/mol. The molecule has 0 atom stereocenters. The number of rotatable bonds is 8. The van der Waals surface area contributed by atoms with Gasteiger partial charge in [0.15, 0.2) is 6.61 Å². The molecule has 0 spiro atoms. The van der Waals surface area contributed by atoms with Gasteiger partial charge in [-0.05, 0) is 62.4 Å². The lowest BCUT2D eigenvalue weighted by atomic mass is 10.2. The molecule has 3 aromatic carbocycles. The molecule has 0 heterocycles. The molecule has 0 aliphatic rings. The van der Waals surface area contributed by atoms with Gasteiger partial charge in [0, 0.05) is 0 Å². The van der Waals surface area contributed by atoms with E-state index in [1.807, 2.05) is 26.0 Å². The molecule has 0 saturated carbocycles. The first-order valence-corrected chi connectivity index (χ1v) is 10.9. The molecule has 1 amide bonds. The average molecular weight is 426 g/mol. The van der Waals surface area contributed by atoms with Crippen LogP contribution in [0.25, 0.3) is 0 Å². The van der Waals surface area contributed by atoms with Crippen molar-refractivity contribution in [2.75, 3.05) is 17.5 Å². The predicted octanol–water partition coefficient (Wildman–Crippen LogP) is 4.19. The van der Waals surface area contributed by atoms with Gasteiger partial charge in [0.05, 0.1) is 17.2 Å². The summed E-state index contributed by atoms with van der Waals surface area (Å²) < 4.78 is 38.2. The quantitative estimate of drug-likeness (QED) is 0.541. The van der Waals surface area contributed by atoms with Gasteiger partial charge in [0.2, 0.25) is 0 Å². The Labute approximate surface area is 176 Å². The molecule has 156 valence electrons. The van der Waals surface area contributed by atoms with Crippen molar-refractivity contribution in [1.29, 1.82) is 0 Å². The molecule has 3 rings (SSSR count). The zero-order valence-electron chi connectivity index (χ0n) is 16.8. The van der Waals surface area contributed by atoms with Gasteiger partial charge < -0.3 is 9.47 Å². The van der Waals surface area contributed by atoms with E-state index in [4.69, 9.17) is 9.47 Å². The highest BCUT2D eigenvalue weighted by Gasteiger charge is 2.31. The number of hydrogen-bond donors (Lipinski definition) is 0. The van der Waals surface area contributed by atoms with Crippen LogP contribution in [0.5, 0.6) is 11.5 Å². The van der Waals surface area contributed by atoms with E-state index in [1.165, 1.54) is 24.3 Å². The Morgan fingerprint density at radius 2 is 1.40 bits per heavy atom. The summed E-state index contributed by atoms with van der Waals surface area (Å²) in [5.41, 5.74) is 1.26. The Morgan fingerprint density at radius 1 is 0.833 bits per heavy atom. The van der Waals surface area contributed by atoms with Gasteiger partial charge in [-0.1, -0.05) is 35.9 Å². The average Bonchev–Trinajstić information content (AvgIpc) is 2.75. The summed E-state index contributed by atoms with van der Waals surface area (Å²) in [6, 6.07) is 21.3. The van der Waals surface area contributed by atoms with E-state index in [9.17, 15) is 13.2 Å². The van der Waals surface area contributed by atoms with Crippen LogP contribution in [0.1, 0.15) is 12.5 Å². The Hall–Kier alpha value is -3.32. The third-order valence-corrected chi connectivity index (χ3v) is 6.04. The van der Waals surface area contributed by atoms with Crippen LogP contribution in [0.3, 0.4) is 0 Å². The number of anilines is 1. The van der Waals surface area contributed by atoms with Gasteiger partial charge in [0.1, 0.15) is 11.5 Å². The number of carbonyl (C=O) groups excluding carboxylic acids is 1. The van der Waals surface area contributed by atoms with Gasteiger partial charge in [-0.15, -0.1) is 0 Å². The fourth-order valence-corrected chi connectivity index (χ4v) is 4.23. The summed E-state index contributed by atoms with van der Waals surface area (Å²) in [5, 5.41) is 0. The molecule has 0 aliphatic carbocycles. The first-order valence-electron chi connectivity index (χ1n) is 9.47. The molecular formula is C23H23NO5S. The summed E-state index contributed by atoms with van der Waals surface area (Å²) in [7, 11) is -4.13. The van der Waals surface area contributed by atoms with Crippen molar-refractivity contribution in [3.63, 3.8) is 0 Å². The minimum atomic E-state index is -4.13. The fraction of sp³-hybridized carbons (Fsp3) is 0.174. The van der Waals surface area contributed by atoms with Crippen molar-refractivity contribution < 1.29 is 22.7 Å². The second kappa shape index (κ2) is 9.45. The Bertz CT molecular complexity index is 1080. The van der Waals surface area contributed by atoms with Gasteiger partial charge in [-0.2, -0.15) is 4.31 Å². The maximum absolute atomic E-state index is 13.3. The Balaban J connectivity index is 1.92. The number of sulfonamides is 1. The van der Waals surface area contributed by atoms with Gasteiger partial charge in [-0.3, -0.25) is 4.79 Å². The van der Waals surface area contributed by atoms with Crippen LogP contribution < -0.4 is 13.8 Å². The molecule has 0 unspecified atom stereocenters. The predicted molar refractivity (Wildman–Crippen MR) is 115 cm³/mol. The first-order chi connectivity index (χ1) is 14.4. The standard InChI is InChI=1S/C23H23NO5S/c1-3-28-20-15-11-19(12-16-20)24(30(26,27)22-7-5-4-6-8-22)23(25)17-29-21-13-9-18(2)10-14-21/h4-16H,3,17H2,1-2H3. The highest BCUT2D eigenvalue weighted by Crippen LogP contribution is 2.26. The zero-order chi connectivity index (χ0) is 21.6. The molecule has 7 heteroatoms. The van der Waals surface area contributed by atoms with Crippen LogP contribution >= 0.6 is 0 Å². The number of carbonyl (C=O) groups is 1. The van der Waals surface area contributed by atoms with E-state index >= 15 is 0 Å². The van der Waals surface area contributed by atoms with Crippen molar-refractivity contribution in [2.45, 2.75) is 18.7 Å². The number of ether oxygens (including phenoxy) is 2. The highest BCUT2D eigenvalue weighted by molar-refractivity contribution is 7.93. The van der Waals surface area contributed by atoms with Crippen LogP contribution in [0.15, 0.2) is 83.8 Å². The second-order valence-electron chi connectivity index (χ2n) is 6.50. The van der Waals surface area contributed by atoms with Crippen LogP contribution in [0.4, 0.5) is 5.69 Å². The maximum Gasteiger partial charge on any atom is 0.278 e. The lowest BCUT2D eigenvalue weighted by molar-refractivity contribution is -0.119.